The highest BCUT2D eigenvalue weighted by Crippen LogP contribution is 2.21. The average molecular weight is 240 g/mol. The Morgan fingerprint density at radius 2 is 2.25 bits per heavy atom. The van der Waals surface area contributed by atoms with Crippen LogP contribution in [0.15, 0.2) is 24.3 Å². The van der Waals surface area contributed by atoms with Gasteiger partial charge in [0.25, 0.3) is 0 Å². The van der Waals surface area contributed by atoms with Crippen molar-refractivity contribution in [1.29, 1.82) is 0 Å². The number of benzene rings is 1. The van der Waals surface area contributed by atoms with Crippen LogP contribution in [0.4, 0.5) is 4.39 Å². The molecule has 0 aliphatic carbocycles. The highest BCUT2D eigenvalue weighted by molar-refractivity contribution is 6.30. The molecule has 16 heavy (non-hydrogen) atoms. The fourth-order valence-electron chi connectivity index (χ4n) is 1.47. The number of nitrogens with two attached hydrogens (primary N) is 1. The Morgan fingerprint density at radius 1 is 1.44 bits per heavy atom. The number of hydrogen-bond acceptors (Lipinski definition) is 2. The lowest BCUT2D eigenvalue weighted by atomic mass is 10.2. The number of aromatic nitrogens is 2. The van der Waals surface area contributed by atoms with Crippen LogP contribution in [0.25, 0.3) is 11.4 Å². The summed E-state index contributed by atoms with van der Waals surface area (Å²) < 4.78 is 13.0. The molecule has 0 fully saturated rings. The first-order chi connectivity index (χ1) is 7.70. The lowest BCUT2D eigenvalue weighted by molar-refractivity contribution is 0.628. The van der Waals surface area contributed by atoms with E-state index in [4.69, 9.17) is 17.3 Å². The summed E-state index contributed by atoms with van der Waals surface area (Å²) in [5.74, 6) is 0.262. The Kier molecular flexibility index (Phi) is 3.22. The zero-order valence-corrected chi connectivity index (χ0v) is 9.26. The first-order valence-corrected chi connectivity index (χ1v) is 5.29. The number of nitrogens with zero attached hydrogens (tertiary/aromatic N) is 1. The second-order valence-corrected chi connectivity index (χ2v) is 3.76. The molecule has 0 unspecified atom stereocenters. The molecule has 1 aromatic carbocycles. The number of hydrogen-bond donors (Lipinski definition) is 2. The summed E-state index contributed by atoms with van der Waals surface area (Å²) in [6, 6.07) is 6.18. The Labute approximate surface area is 97.5 Å². The van der Waals surface area contributed by atoms with E-state index < -0.39 is 0 Å². The van der Waals surface area contributed by atoms with Crippen molar-refractivity contribution in [3.8, 4) is 11.4 Å². The van der Waals surface area contributed by atoms with Crippen molar-refractivity contribution in [2.24, 2.45) is 5.73 Å². The molecule has 2 rings (SSSR count). The van der Waals surface area contributed by atoms with Gasteiger partial charge in [-0.3, -0.25) is 0 Å². The molecular formula is C11H11ClFN3. The molecule has 0 radical (unpaired) electrons. The van der Waals surface area contributed by atoms with Crippen LogP contribution < -0.4 is 5.73 Å². The summed E-state index contributed by atoms with van der Waals surface area (Å²) in [5.41, 5.74) is 6.89. The Balaban J connectivity index is 2.37. The van der Waals surface area contributed by atoms with Crippen molar-refractivity contribution in [3.63, 3.8) is 0 Å². The topological polar surface area (TPSA) is 54.7 Å². The Bertz CT molecular complexity index is 496. The molecule has 0 saturated carbocycles. The quantitative estimate of drug-likeness (QED) is 0.864. The number of H-pyrrole nitrogens is 1. The van der Waals surface area contributed by atoms with Crippen LogP contribution in [0.5, 0.6) is 0 Å². The van der Waals surface area contributed by atoms with Gasteiger partial charge in [-0.15, -0.1) is 0 Å². The first kappa shape index (κ1) is 11.1. The van der Waals surface area contributed by atoms with Crippen LogP contribution in [0.1, 0.15) is 5.69 Å². The van der Waals surface area contributed by atoms with Crippen LogP contribution in [0, 0.1) is 5.82 Å². The molecule has 0 bridgehead atoms. The van der Waals surface area contributed by atoms with Gasteiger partial charge in [-0.2, -0.15) is 0 Å². The van der Waals surface area contributed by atoms with E-state index in [1.54, 1.807) is 12.1 Å². The van der Waals surface area contributed by atoms with Crippen molar-refractivity contribution >= 4 is 11.6 Å². The fourth-order valence-corrected chi connectivity index (χ4v) is 1.70. The Hall–Kier alpha value is -1.39. The molecule has 2 aromatic rings. The van der Waals surface area contributed by atoms with Crippen LogP contribution in [-0.4, -0.2) is 16.5 Å². The third-order valence-corrected chi connectivity index (χ3v) is 2.53. The van der Waals surface area contributed by atoms with Crippen LogP contribution in [0.2, 0.25) is 5.15 Å². The molecule has 84 valence electrons. The second kappa shape index (κ2) is 4.63. The summed E-state index contributed by atoms with van der Waals surface area (Å²) in [4.78, 5) is 7.16. The predicted octanol–water partition coefficient (Wildman–Crippen LogP) is 2.37. The molecule has 5 heteroatoms. The minimum atomic E-state index is -0.301. The zero-order chi connectivity index (χ0) is 11.5. The summed E-state index contributed by atoms with van der Waals surface area (Å²) in [6.45, 7) is 0.491. The van der Waals surface area contributed by atoms with E-state index in [1.165, 1.54) is 12.1 Å². The van der Waals surface area contributed by atoms with E-state index in [2.05, 4.69) is 9.97 Å². The number of halogens is 2. The van der Waals surface area contributed by atoms with Gasteiger partial charge in [0.1, 0.15) is 11.6 Å². The van der Waals surface area contributed by atoms with Crippen molar-refractivity contribution in [2.75, 3.05) is 6.54 Å². The monoisotopic (exact) mass is 239 g/mol. The van der Waals surface area contributed by atoms with Gasteiger partial charge in [-0.05, 0) is 18.7 Å². The lowest BCUT2D eigenvalue weighted by Crippen LogP contribution is -2.03. The minimum Gasteiger partial charge on any atom is -0.341 e. The predicted molar refractivity (Wildman–Crippen MR) is 61.8 cm³/mol. The summed E-state index contributed by atoms with van der Waals surface area (Å²) >= 11 is 5.92. The third kappa shape index (κ3) is 2.23. The fraction of sp³-hybridized carbons (Fsp3) is 0.182. The minimum absolute atomic E-state index is 0.301. The summed E-state index contributed by atoms with van der Waals surface area (Å²) in [5, 5.41) is 0.393. The molecule has 0 spiro atoms. The highest BCUT2D eigenvalue weighted by Gasteiger charge is 2.09. The summed E-state index contributed by atoms with van der Waals surface area (Å²) in [7, 11) is 0. The maximum atomic E-state index is 13.0. The molecular weight excluding hydrogens is 229 g/mol. The normalized spacial score (nSPS) is 10.7. The first-order valence-electron chi connectivity index (χ1n) is 4.91. The standard InChI is InChI=1S/C11H11ClFN3/c12-10-9(4-5-14)15-11(16-10)7-2-1-3-8(13)6-7/h1-3,6H,4-5,14H2,(H,15,16). The largest absolute Gasteiger partial charge is 0.341 e. The van der Waals surface area contributed by atoms with Gasteiger partial charge in [0, 0.05) is 12.0 Å². The molecule has 3 N–H and O–H groups in total. The number of rotatable bonds is 3. The molecule has 1 aromatic heterocycles. The molecule has 0 amide bonds. The number of aromatic amines is 1. The summed E-state index contributed by atoms with van der Waals surface area (Å²) in [6.07, 6.45) is 0.626. The maximum absolute atomic E-state index is 13.0. The lowest BCUT2D eigenvalue weighted by Gasteiger charge is -1.96. The molecule has 0 saturated heterocycles. The van der Waals surface area contributed by atoms with Gasteiger partial charge >= 0.3 is 0 Å². The van der Waals surface area contributed by atoms with Gasteiger partial charge in [0.15, 0.2) is 5.15 Å². The van der Waals surface area contributed by atoms with Crippen LogP contribution in [0.3, 0.4) is 0 Å². The zero-order valence-electron chi connectivity index (χ0n) is 8.50. The van der Waals surface area contributed by atoms with Gasteiger partial charge in [-0.25, -0.2) is 9.37 Å². The smallest absolute Gasteiger partial charge is 0.150 e. The average Bonchev–Trinajstić information content (AvgIpc) is 2.61. The molecule has 0 atom stereocenters. The molecule has 3 nitrogen and oxygen atoms in total. The van der Waals surface area contributed by atoms with Crippen LogP contribution >= 0.6 is 11.6 Å². The van der Waals surface area contributed by atoms with Crippen LogP contribution in [-0.2, 0) is 6.42 Å². The van der Waals surface area contributed by atoms with E-state index in [-0.39, 0.29) is 5.82 Å². The van der Waals surface area contributed by atoms with Gasteiger partial charge in [0.05, 0.1) is 5.69 Å². The van der Waals surface area contributed by atoms with E-state index >= 15 is 0 Å². The Morgan fingerprint density at radius 3 is 2.94 bits per heavy atom. The molecule has 0 aliphatic rings. The molecule has 0 aliphatic heterocycles. The van der Waals surface area contributed by atoms with Crippen molar-refractivity contribution in [1.82, 2.24) is 9.97 Å². The number of imidazole rings is 1. The number of nitrogens with one attached hydrogen (secondary N) is 1. The van der Waals surface area contributed by atoms with Crippen molar-refractivity contribution in [3.05, 3.63) is 40.9 Å². The SMILES string of the molecule is NCCc1[nH]c(-c2cccc(F)c2)nc1Cl. The third-order valence-electron chi connectivity index (χ3n) is 2.22. The second-order valence-electron chi connectivity index (χ2n) is 3.40. The van der Waals surface area contributed by atoms with E-state index in [0.717, 1.165) is 5.69 Å². The van der Waals surface area contributed by atoms with E-state index in [1.807, 2.05) is 0 Å². The van der Waals surface area contributed by atoms with Crippen molar-refractivity contribution in [2.45, 2.75) is 6.42 Å². The van der Waals surface area contributed by atoms with E-state index in [0.29, 0.717) is 29.5 Å². The highest BCUT2D eigenvalue weighted by atomic mass is 35.5. The molecule has 1 heterocycles. The van der Waals surface area contributed by atoms with Crippen molar-refractivity contribution < 1.29 is 4.39 Å². The van der Waals surface area contributed by atoms with Gasteiger partial charge in [0.2, 0.25) is 0 Å². The maximum Gasteiger partial charge on any atom is 0.150 e. The van der Waals surface area contributed by atoms with Gasteiger partial charge < -0.3 is 10.7 Å². The van der Waals surface area contributed by atoms with Gasteiger partial charge in [-0.1, -0.05) is 23.7 Å². The van der Waals surface area contributed by atoms with E-state index in [9.17, 15) is 4.39 Å².